The number of benzene rings is 2. The first-order valence-corrected chi connectivity index (χ1v) is 9.37. The third-order valence-electron chi connectivity index (χ3n) is 3.75. The number of thiazole rings is 1. The molecule has 0 saturated carbocycles. The van der Waals surface area contributed by atoms with E-state index in [4.69, 9.17) is 4.42 Å². The van der Waals surface area contributed by atoms with Gasteiger partial charge in [-0.3, -0.25) is 9.36 Å². The fourth-order valence-corrected chi connectivity index (χ4v) is 3.71. The number of hydrogen-bond donors (Lipinski definition) is 1. The molecule has 4 rings (SSSR count). The van der Waals surface area contributed by atoms with Crippen LogP contribution in [0.2, 0.25) is 0 Å². The third kappa shape index (κ3) is 3.33. The van der Waals surface area contributed by atoms with Crippen LogP contribution in [0.5, 0.6) is 0 Å². The molecule has 2 aromatic carbocycles. The first-order valence-electron chi connectivity index (χ1n) is 7.70. The Morgan fingerprint density at radius 2 is 2.08 bits per heavy atom. The molecular formula is C18H12BrN3O3S. The largest absolute Gasteiger partial charge is 0.420 e. The summed E-state index contributed by atoms with van der Waals surface area (Å²) in [5.74, 6) is -0.899. The van der Waals surface area contributed by atoms with Crippen LogP contribution in [0, 0.1) is 0 Å². The van der Waals surface area contributed by atoms with Crippen LogP contribution in [0.4, 0.5) is 5.13 Å². The van der Waals surface area contributed by atoms with Crippen molar-refractivity contribution in [1.82, 2.24) is 9.55 Å². The molecule has 0 aliphatic rings. The zero-order chi connectivity index (χ0) is 18.1. The molecule has 0 atom stereocenters. The van der Waals surface area contributed by atoms with Crippen LogP contribution in [-0.2, 0) is 11.3 Å². The summed E-state index contributed by atoms with van der Waals surface area (Å²) in [6.07, 6.45) is 0. The third-order valence-corrected chi connectivity index (χ3v) is 5.00. The maximum absolute atomic E-state index is 12.3. The van der Waals surface area contributed by atoms with E-state index in [0.717, 1.165) is 15.7 Å². The Hall–Kier alpha value is -2.71. The van der Waals surface area contributed by atoms with E-state index in [1.165, 1.54) is 15.9 Å². The standard InChI is InChI=1S/C18H12BrN3O3S/c19-12-5-3-4-11(8-12)13-10-26-17(20-13)21-16(23)9-22-14-6-1-2-7-15(14)25-18(22)24/h1-8,10H,9H2,(H,20,21,23). The van der Waals surface area contributed by atoms with Gasteiger partial charge < -0.3 is 9.73 Å². The van der Waals surface area contributed by atoms with E-state index in [0.29, 0.717) is 16.2 Å². The quantitative estimate of drug-likeness (QED) is 0.529. The minimum absolute atomic E-state index is 0.137. The van der Waals surface area contributed by atoms with E-state index in [2.05, 4.69) is 26.2 Å². The average Bonchev–Trinajstić information content (AvgIpc) is 3.20. The molecule has 0 aliphatic heterocycles. The molecule has 2 heterocycles. The van der Waals surface area contributed by atoms with Gasteiger partial charge in [-0.15, -0.1) is 11.3 Å². The minimum Gasteiger partial charge on any atom is -0.408 e. The normalized spacial score (nSPS) is 11.0. The smallest absolute Gasteiger partial charge is 0.408 e. The van der Waals surface area contributed by atoms with Gasteiger partial charge in [0, 0.05) is 15.4 Å². The highest BCUT2D eigenvalue weighted by Crippen LogP contribution is 2.26. The van der Waals surface area contributed by atoms with Crippen molar-refractivity contribution in [3.63, 3.8) is 0 Å². The number of hydrogen-bond acceptors (Lipinski definition) is 5. The van der Waals surface area contributed by atoms with E-state index in [1.807, 2.05) is 29.6 Å². The molecule has 2 aromatic heterocycles. The number of halogens is 1. The van der Waals surface area contributed by atoms with Gasteiger partial charge in [-0.25, -0.2) is 9.78 Å². The molecule has 0 aliphatic carbocycles. The number of amides is 1. The number of aromatic nitrogens is 2. The molecule has 130 valence electrons. The average molecular weight is 430 g/mol. The second-order valence-corrected chi connectivity index (χ2v) is 7.29. The van der Waals surface area contributed by atoms with Crippen LogP contribution in [-0.4, -0.2) is 15.5 Å². The summed E-state index contributed by atoms with van der Waals surface area (Å²) in [5, 5.41) is 5.08. The Kier molecular flexibility index (Phi) is 4.44. The first-order chi connectivity index (χ1) is 12.6. The molecule has 0 saturated heterocycles. The van der Waals surface area contributed by atoms with E-state index in [1.54, 1.807) is 24.3 Å². The number of anilines is 1. The Balaban J connectivity index is 1.52. The van der Waals surface area contributed by atoms with Crippen molar-refractivity contribution in [2.45, 2.75) is 6.54 Å². The van der Waals surface area contributed by atoms with Crippen LogP contribution >= 0.6 is 27.3 Å². The summed E-state index contributed by atoms with van der Waals surface area (Å²) in [7, 11) is 0. The van der Waals surface area contributed by atoms with Gasteiger partial charge in [0.15, 0.2) is 10.7 Å². The van der Waals surface area contributed by atoms with Crippen molar-refractivity contribution in [2.24, 2.45) is 0 Å². The lowest BCUT2D eigenvalue weighted by Crippen LogP contribution is -2.24. The summed E-state index contributed by atoms with van der Waals surface area (Å²) in [6, 6.07) is 14.8. The summed E-state index contributed by atoms with van der Waals surface area (Å²) in [4.78, 5) is 28.7. The minimum atomic E-state index is -0.560. The van der Waals surface area contributed by atoms with E-state index < -0.39 is 5.76 Å². The number of oxazole rings is 1. The van der Waals surface area contributed by atoms with Crippen molar-refractivity contribution in [3.05, 3.63) is 68.9 Å². The molecule has 0 bridgehead atoms. The molecule has 0 unspecified atom stereocenters. The number of nitrogens with one attached hydrogen (secondary N) is 1. The molecular weight excluding hydrogens is 418 g/mol. The molecule has 1 N–H and O–H groups in total. The Labute approximate surface area is 160 Å². The molecule has 4 aromatic rings. The van der Waals surface area contributed by atoms with Crippen molar-refractivity contribution in [2.75, 3.05) is 5.32 Å². The van der Waals surface area contributed by atoms with Crippen LogP contribution < -0.4 is 11.1 Å². The second kappa shape index (κ2) is 6.89. The van der Waals surface area contributed by atoms with Gasteiger partial charge in [0.05, 0.1) is 11.2 Å². The SMILES string of the molecule is O=C(Cn1c(=O)oc2ccccc21)Nc1nc(-c2cccc(Br)c2)cs1. The lowest BCUT2D eigenvalue weighted by Gasteiger charge is -2.02. The predicted octanol–water partition coefficient (Wildman–Crippen LogP) is 4.12. The highest BCUT2D eigenvalue weighted by molar-refractivity contribution is 9.10. The monoisotopic (exact) mass is 429 g/mol. The lowest BCUT2D eigenvalue weighted by molar-refractivity contribution is -0.116. The number of para-hydroxylation sites is 2. The molecule has 0 fully saturated rings. The van der Waals surface area contributed by atoms with Gasteiger partial charge in [0.2, 0.25) is 5.91 Å². The van der Waals surface area contributed by atoms with Gasteiger partial charge in [-0.1, -0.05) is 40.2 Å². The van der Waals surface area contributed by atoms with Gasteiger partial charge in [0.25, 0.3) is 0 Å². The molecule has 26 heavy (non-hydrogen) atoms. The summed E-state index contributed by atoms with van der Waals surface area (Å²) in [6.45, 7) is -0.137. The Bertz CT molecular complexity index is 1160. The van der Waals surface area contributed by atoms with Crippen LogP contribution in [0.3, 0.4) is 0 Å². The second-order valence-electron chi connectivity index (χ2n) is 5.52. The maximum Gasteiger partial charge on any atom is 0.420 e. The Morgan fingerprint density at radius 3 is 2.92 bits per heavy atom. The molecule has 8 heteroatoms. The van der Waals surface area contributed by atoms with E-state index in [9.17, 15) is 9.59 Å². The number of nitrogens with zero attached hydrogens (tertiary/aromatic N) is 2. The number of fused-ring (bicyclic) bond motifs is 1. The maximum atomic E-state index is 12.3. The van der Waals surface area contributed by atoms with Crippen molar-refractivity contribution in [3.8, 4) is 11.3 Å². The molecule has 0 spiro atoms. The Morgan fingerprint density at radius 1 is 1.23 bits per heavy atom. The summed E-state index contributed by atoms with van der Waals surface area (Å²) >= 11 is 4.76. The first kappa shape index (κ1) is 16.7. The van der Waals surface area contributed by atoms with Gasteiger partial charge in [-0.2, -0.15) is 0 Å². The lowest BCUT2D eigenvalue weighted by atomic mass is 10.2. The fraction of sp³-hybridized carbons (Fsp3) is 0.0556. The van der Waals surface area contributed by atoms with Gasteiger partial charge in [-0.05, 0) is 24.3 Å². The highest BCUT2D eigenvalue weighted by Gasteiger charge is 2.14. The van der Waals surface area contributed by atoms with Gasteiger partial charge in [0.1, 0.15) is 6.54 Å². The van der Waals surface area contributed by atoms with Crippen molar-refractivity contribution >= 4 is 49.4 Å². The predicted molar refractivity (Wildman–Crippen MR) is 104 cm³/mol. The fourth-order valence-electron chi connectivity index (χ4n) is 2.58. The highest BCUT2D eigenvalue weighted by atomic mass is 79.9. The molecule has 6 nitrogen and oxygen atoms in total. The molecule has 1 amide bonds. The summed E-state index contributed by atoms with van der Waals surface area (Å²) < 4.78 is 7.39. The van der Waals surface area contributed by atoms with Crippen LogP contribution in [0.15, 0.2) is 67.6 Å². The zero-order valence-electron chi connectivity index (χ0n) is 13.3. The van der Waals surface area contributed by atoms with E-state index >= 15 is 0 Å². The summed E-state index contributed by atoms with van der Waals surface area (Å²) in [5.41, 5.74) is 2.77. The van der Waals surface area contributed by atoms with Crippen molar-refractivity contribution < 1.29 is 9.21 Å². The van der Waals surface area contributed by atoms with Crippen molar-refractivity contribution in [1.29, 1.82) is 0 Å². The van der Waals surface area contributed by atoms with Gasteiger partial charge >= 0.3 is 5.76 Å². The topological polar surface area (TPSA) is 77.1 Å². The van der Waals surface area contributed by atoms with Crippen LogP contribution in [0.1, 0.15) is 0 Å². The van der Waals surface area contributed by atoms with Crippen LogP contribution in [0.25, 0.3) is 22.4 Å². The number of rotatable bonds is 4. The number of carbonyl (C=O) groups is 1. The zero-order valence-corrected chi connectivity index (χ0v) is 15.7. The van der Waals surface area contributed by atoms with E-state index in [-0.39, 0.29) is 12.5 Å². The number of carbonyl (C=O) groups excluding carboxylic acids is 1. The molecule has 0 radical (unpaired) electrons.